The number of carbonyl (C=O) groups is 1. The Bertz CT molecular complexity index is 1650. The number of nitrogens with one attached hydrogen (secondary N) is 2. The lowest BCUT2D eigenvalue weighted by Crippen LogP contribution is -2.40. The van der Waals surface area contributed by atoms with Gasteiger partial charge in [-0.2, -0.15) is 0 Å². The fourth-order valence-electron chi connectivity index (χ4n) is 5.10. The number of nitrogens with zero attached hydrogens (tertiary/aromatic N) is 3. The van der Waals surface area contributed by atoms with Gasteiger partial charge in [0.15, 0.2) is 0 Å². The van der Waals surface area contributed by atoms with Crippen LogP contribution >= 0.6 is 0 Å². The molecule has 0 bridgehead atoms. The Morgan fingerprint density at radius 2 is 1.73 bits per heavy atom. The summed E-state index contributed by atoms with van der Waals surface area (Å²) >= 11 is 0. The quantitative estimate of drug-likeness (QED) is 0.205. The van der Waals surface area contributed by atoms with Crippen LogP contribution in [-0.2, 0) is 26.6 Å². The average Bonchev–Trinajstić information content (AvgIpc) is 3.55. The number of anilines is 2. The zero-order valence-corrected chi connectivity index (χ0v) is 24.5. The molecular weight excluding hydrogens is 540 g/mol. The van der Waals surface area contributed by atoms with Gasteiger partial charge in [-0.15, -0.1) is 0 Å². The zero-order chi connectivity index (χ0) is 29.7. The molecule has 10 nitrogen and oxygen atoms in total. The molecule has 1 aliphatic rings. The van der Waals surface area contributed by atoms with Crippen molar-refractivity contribution in [1.82, 2.24) is 19.3 Å². The van der Waals surface area contributed by atoms with Gasteiger partial charge in [0.05, 0.1) is 22.1 Å². The highest BCUT2D eigenvalue weighted by molar-refractivity contribution is 7.89. The molecule has 4 aromatic rings. The number of fused-ring (bicyclic) bond motifs is 1. The van der Waals surface area contributed by atoms with Crippen LogP contribution in [0.15, 0.2) is 71.9 Å². The number of sulfonamides is 1. The second-order valence-corrected chi connectivity index (χ2v) is 11.7. The predicted octanol–water partition coefficient (Wildman–Crippen LogP) is 4.53. The summed E-state index contributed by atoms with van der Waals surface area (Å²) in [6.07, 6.45) is 4.63. The summed E-state index contributed by atoms with van der Waals surface area (Å²) in [5.74, 6) is 0.369. The second kappa shape index (κ2) is 12.6. The van der Waals surface area contributed by atoms with Crippen LogP contribution in [0.3, 0.4) is 0 Å². The number of aldehydes is 1. The van der Waals surface area contributed by atoms with Crippen LogP contribution in [-0.4, -0.2) is 55.5 Å². The Morgan fingerprint density at radius 3 is 2.32 bits per heavy atom. The van der Waals surface area contributed by atoms with Gasteiger partial charge in [0.2, 0.25) is 10.0 Å². The van der Waals surface area contributed by atoms with Crippen LogP contribution in [0.5, 0.6) is 0 Å². The summed E-state index contributed by atoms with van der Waals surface area (Å²) in [6, 6.07) is 14.7. The number of rotatable bonds is 8. The van der Waals surface area contributed by atoms with E-state index in [0.717, 1.165) is 59.0 Å². The smallest absolute Gasteiger partial charge is 0.240 e. The minimum Gasteiger partial charge on any atom is -0.388 e. The Labute approximate surface area is 240 Å². The van der Waals surface area contributed by atoms with Gasteiger partial charge in [-0.3, -0.25) is 4.79 Å². The van der Waals surface area contributed by atoms with Crippen molar-refractivity contribution in [2.45, 2.75) is 43.2 Å². The maximum absolute atomic E-state index is 13.1. The lowest BCUT2D eigenvalue weighted by Gasteiger charge is -2.19. The summed E-state index contributed by atoms with van der Waals surface area (Å²) in [7, 11) is 1.74. The Morgan fingerprint density at radius 1 is 1.10 bits per heavy atom. The van der Waals surface area contributed by atoms with Crippen LogP contribution in [0, 0.1) is 0 Å². The lowest BCUT2D eigenvalue weighted by molar-refractivity contribution is -0.104. The number of allylic oxidation sites excluding steroid dienone is 1. The van der Waals surface area contributed by atoms with Gasteiger partial charge in [-0.1, -0.05) is 30.8 Å². The zero-order valence-electron chi connectivity index (χ0n) is 23.7. The molecule has 2 unspecified atom stereocenters. The number of aromatic nitrogens is 3. The van der Waals surface area contributed by atoms with Crippen molar-refractivity contribution in [3.63, 3.8) is 0 Å². The standard InChI is InChI=1S/C26H30N6O3S.C4H6O/c1-28-18-11-7-17(8-12-18)24-22(23-25(27)29-15-30-26(23)32(24)2)16-9-13-19(14-10-16)36(33,34)31-20-5-4-6-21(20)35-3;1-4(2)3-5/h7-15,20-21,28,31H,4-6H2,1-3H3,(H2,27,29,30);3H,1H2,2H3. The number of carbonyl (C=O) groups excluding carboxylic acids is 1. The van der Waals surface area contributed by atoms with Crippen LogP contribution in [0.4, 0.5) is 11.5 Å². The van der Waals surface area contributed by atoms with Gasteiger partial charge < -0.3 is 20.4 Å². The van der Waals surface area contributed by atoms with Crippen molar-refractivity contribution in [2.24, 2.45) is 7.05 Å². The van der Waals surface area contributed by atoms with E-state index in [-0.39, 0.29) is 17.0 Å². The van der Waals surface area contributed by atoms with Crippen LogP contribution in [0.25, 0.3) is 33.4 Å². The number of benzene rings is 2. The lowest BCUT2D eigenvalue weighted by atomic mass is 9.99. The van der Waals surface area contributed by atoms with E-state index in [1.165, 1.54) is 6.33 Å². The molecule has 0 spiro atoms. The number of aryl methyl sites for hydroxylation is 1. The van der Waals surface area contributed by atoms with Crippen molar-refractivity contribution >= 4 is 38.8 Å². The minimum atomic E-state index is -3.69. The minimum absolute atomic E-state index is 0.102. The largest absolute Gasteiger partial charge is 0.388 e. The molecule has 0 aliphatic heterocycles. The number of hydrogen-bond acceptors (Lipinski definition) is 8. The van der Waals surface area contributed by atoms with E-state index >= 15 is 0 Å². The van der Waals surface area contributed by atoms with Gasteiger partial charge in [-0.25, -0.2) is 23.1 Å². The summed E-state index contributed by atoms with van der Waals surface area (Å²) < 4.78 is 36.5. The first-order valence-electron chi connectivity index (χ1n) is 13.2. The molecule has 2 atom stereocenters. The molecular formula is C30H36N6O4S. The first kappa shape index (κ1) is 29.9. The van der Waals surface area contributed by atoms with Crippen molar-refractivity contribution in [3.05, 3.63) is 67.0 Å². The first-order valence-corrected chi connectivity index (χ1v) is 14.7. The molecule has 11 heteroatoms. The Balaban J connectivity index is 0.000000714. The topological polar surface area (TPSA) is 141 Å². The monoisotopic (exact) mass is 576 g/mol. The fraction of sp³-hybridized carbons (Fsp3) is 0.300. The number of hydrogen-bond donors (Lipinski definition) is 3. The summed E-state index contributed by atoms with van der Waals surface area (Å²) in [5.41, 5.74) is 12.2. The Kier molecular flexibility index (Phi) is 9.21. The van der Waals surface area contributed by atoms with Gasteiger partial charge in [-0.05, 0) is 67.2 Å². The maximum atomic E-state index is 13.1. The van der Waals surface area contributed by atoms with Crippen molar-refractivity contribution in [2.75, 3.05) is 25.2 Å². The van der Waals surface area contributed by atoms with E-state index in [1.54, 1.807) is 26.2 Å². The molecule has 0 saturated heterocycles. The van der Waals surface area contributed by atoms with Gasteiger partial charge >= 0.3 is 0 Å². The number of nitrogens with two attached hydrogens (primary N) is 1. The van der Waals surface area contributed by atoms with Crippen molar-refractivity contribution in [3.8, 4) is 22.4 Å². The van der Waals surface area contributed by atoms with E-state index in [1.807, 2.05) is 55.1 Å². The predicted molar refractivity (Wildman–Crippen MR) is 163 cm³/mol. The molecule has 2 aromatic heterocycles. The van der Waals surface area contributed by atoms with Gasteiger partial charge in [0, 0.05) is 38.5 Å². The van der Waals surface area contributed by atoms with Crippen molar-refractivity contribution < 1.29 is 17.9 Å². The molecule has 4 N–H and O–H groups in total. The Hall–Kier alpha value is -4.06. The highest BCUT2D eigenvalue weighted by Gasteiger charge is 2.31. The van der Waals surface area contributed by atoms with Crippen LogP contribution in [0.2, 0.25) is 0 Å². The average molecular weight is 577 g/mol. The molecule has 2 aromatic carbocycles. The first-order chi connectivity index (χ1) is 19.6. The number of nitrogen functional groups attached to an aromatic ring is 1. The molecule has 216 valence electrons. The second-order valence-electron chi connectivity index (χ2n) is 9.99. The summed E-state index contributed by atoms with van der Waals surface area (Å²) in [5, 5.41) is 3.87. The van der Waals surface area contributed by atoms with E-state index in [9.17, 15) is 13.2 Å². The fourth-order valence-corrected chi connectivity index (χ4v) is 6.40. The van der Waals surface area contributed by atoms with E-state index < -0.39 is 10.0 Å². The molecule has 0 radical (unpaired) electrons. The van der Waals surface area contributed by atoms with Gasteiger partial charge in [0.25, 0.3) is 0 Å². The van der Waals surface area contributed by atoms with E-state index in [4.69, 9.17) is 10.5 Å². The third-order valence-corrected chi connectivity index (χ3v) is 8.67. The molecule has 5 rings (SSSR count). The molecule has 1 fully saturated rings. The summed E-state index contributed by atoms with van der Waals surface area (Å²) in [4.78, 5) is 18.3. The third kappa shape index (κ3) is 6.32. The van der Waals surface area contributed by atoms with Crippen LogP contribution < -0.4 is 15.8 Å². The molecule has 41 heavy (non-hydrogen) atoms. The van der Waals surface area contributed by atoms with E-state index in [0.29, 0.717) is 17.0 Å². The van der Waals surface area contributed by atoms with Crippen LogP contribution in [0.1, 0.15) is 26.2 Å². The van der Waals surface area contributed by atoms with Gasteiger partial charge in [0.1, 0.15) is 24.1 Å². The number of methoxy groups -OCH3 is 1. The highest BCUT2D eigenvalue weighted by Crippen LogP contribution is 2.42. The summed E-state index contributed by atoms with van der Waals surface area (Å²) in [6.45, 7) is 4.97. The SMILES string of the molecule is C=C(C)C=O.CNc1ccc(-c2c(-c3ccc(S(=O)(=O)NC4CCCC4OC)cc3)c3c(N)ncnc3n2C)cc1. The normalized spacial score (nSPS) is 16.7. The molecule has 1 aliphatic carbocycles. The highest BCUT2D eigenvalue weighted by atomic mass is 32.2. The maximum Gasteiger partial charge on any atom is 0.240 e. The number of ether oxygens (including phenoxy) is 1. The molecule has 0 amide bonds. The third-order valence-electron chi connectivity index (χ3n) is 7.16. The molecule has 2 heterocycles. The van der Waals surface area contributed by atoms with Crippen molar-refractivity contribution in [1.29, 1.82) is 0 Å². The molecule has 1 saturated carbocycles. The van der Waals surface area contributed by atoms with E-state index in [2.05, 4.69) is 26.6 Å².